The fraction of sp³-hybridized carbons (Fsp3) is 0.417. The molecular formula is C24H24N2O4. The molecule has 1 spiro atoms. The minimum atomic E-state index is -0.361. The minimum absolute atomic E-state index is 0.00528. The fourth-order valence-electron chi connectivity index (χ4n) is 5.62. The molecule has 4 fully saturated rings. The zero-order valence-electron chi connectivity index (χ0n) is 16.7. The Kier molecular flexibility index (Phi) is 3.70. The number of alkyl carbamates (subject to hydrolysis) is 1. The zero-order chi connectivity index (χ0) is 20.3. The summed E-state index contributed by atoms with van der Waals surface area (Å²) in [6, 6.07) is 18.1. The maximum atomic E-state index is 13.0. The molecule has 2 aromatic carbocycles. The van der Waals surface area contributed by atoms with Crippen LogP contribution in [-0.2, 0) is 14.9 Å². The second-order valence-corrected chi connectivity index (χ2v) is 9.31. The van der Waals surface area contributed by atoms with Crippen LogP contribution in [-0.4, -0.2) is 42.1 Å². The van der Waals surface area contributed by atoms with Crippen LogP contribution in [0.25, 0.3) is 0 Å². The Balaban J connectivity index is 1.13. The Hall–Kier alpha value is -3.02. The van der Waals surface area contributed by atoms with E-state index in [2.05, 4.69) is 17.4 Å². The molecule has 2 unspecified atom stereocenters. The Labute approximate surface area is 175 Å². The number of carbonyl (C=O) groups excluding carboxylic acids is 2. The third kappa shape index (κ3) is 2.77. The number of fused-ring (bicyclic) bond motifs is 1. The number of ether oxygens (including phenoxy) is 2. The van der Waals surface area contributed by atoms with Crippen LogP contribution in [0.15, 0.2) is 54.6 Å². The summed E-state index contributed by atoms with van der Waals surface area (Å²) in [6.07, 6.45) is 2.14. The fourth-order valence-corrected chi connectivity index (χ4v) is 5.62. The molecule has 2 aromatic rings. The summed E-state index contributed by atoms with van der Waals surface area (Å²) >= 11 is 0. The van der Waals surface area contributed by atoms with Crippen molar-refractivity contribution in [3.05, 3.63) is 60.2 Å². The third-order valence-corrected chi connectivity index (χ3v) is 7.32. The van der Waals surface area contributed by atoms with E-state index in [1.807, 2.05) is 47.4 Å². The second kappa shape index (κ2) is 6.24. The average Bonchev–Trinajstić information content (AvgIpc) is 3.08. The van der Waals surface area contributed by atoms with E-state index in [1.54, 1.807) is 0 Å². The Bertz CT molecular complexity index is 1020. The number of para-hydroxylation sites is 1. The molecule has 30 heavy (non-hydrogen) atoms. The number of carbonyl (C=O) groups is 2. The SMILES string of the molecule is O=C1NC2(CO1)CC(C(=O)N1CC3CC3(c3cccc(Oc4ccccc4)c3)C1)C2. The number of nitrogens with zero attached hydrogens (tertiary/aromatic N) is 1. The van der Waals surface area contributed by atoms with E-state index in [9.17, 15) is 9.59 Å². The van der Waals surface area contributed by atoms with Crippen molar-refractivity contribution in [1.82, 2.24) is 10.2 Å². The first-order valence-electron chi connectivity index (χ1n) is 10.6. The Morgan fingerprint density at radius 1 is 1.07 bits per heavy atom. The first-order valence-corrected chi connectivity index (χ1v) is 10.6. The first kappa shape index (κ1) is 17.8. The lowest BCUT2D eigenvalue weighted by Crippen LogP contribution is -2.58. The monoisotopic (exact) mass is 404 g/mol. The molecule has 6 nitrogen and oxygen atoms in total. The van der Waals surface area contributed by atoms with Gasteiger partial charge in [0.15, 0.2) is 0 Å². The van der Waals surface area contributed by atoms with Gasteiger partial charge >= 0.3 is 6.09 Å². The Morgan fingerprint density at radius 2 is 1.87 bits per heavy atom. The summed E-state index contributed by atoms with van der Waals surface area (Å²) in [5.41, 5.74) is 1.02. The molecule has 2 saturated carbocycles. The van der Waals surface area contributed by atoms with Crippen molar-refractivity contribution in [1.29, 1.82) is 0 Å². The lowest BCUT2D eigenvalue weighted by molar-refractivity contribution is -0.140. The molecule has 2 heterocycles. The summed E-state index contributed by atoms with van der Waals surface area (Å²) in [6.45, 7) is 1.99. The van der Waals surface area contributed by atoms with Crippen LogP contribution in [0.1, 0.15) is 24.8 Å². The number of hydrogen-bond acceptors (Lipinski definition) is 4. The summed E-state index contributed by atoms with van der Waals surface area (Å²) in [7, 11) is 0. The molecule has 2 aliphatic carbocycles. The number of piperidine rings is 1. The highest BCUT2D eigenvalue weighted by Crippen LogP contribution is 2.60. The molecule has 2 amide bonds. The molecule has 2 aliphatic heterocycles. The molecule has 0 bridgehead atoms. The van der Waals surface area contributed by atoms with E-state index in [0.29, 0.717) is 25.4 Å². The number of likely N-dealkylation sites (tertiary alicyclic amines) is 1. The second-order valence-electron chi connectivity index (χ2n) is 9.31. The summed E-state index contributed by atoms with van der Waals surface area (Å²) in [5, 5.41) is 2.87. The van der Waals surface area contributed by atoms with Gasteiger partial charge in [-0.3, -0.25) is 4.79 Å². The molecule has 154 valence electrons. The molecule has 1 N–H and O–H groups in total. The number of cyclic esters (lactones) is 1. The minimum Gasteiger partial charge on any atom is -0.457 e. The van der Waals surface area contributed by atoms with Crippen LogP contribution >= 0.6 is 0 Å². The van der Waals surface area contributed by atoms with Crippen LogP contribution in [0, 0.1) is 11.8 Å². The number of nitrogens with one attached hydrogen (secondary N) is 1. The van der Waals surface area contributed by atoms with Gasteiger partial charge in [-0.05, 0) is 55.0 Å². The van der Waals surface area contributed by atoms with Gasteiger partial charge in [-0.1, -0.05) is 30.3 Å². The maximum absolute atomic E-state index is 13.0. The van der Waals surface area contributed by atoms with Crippen molar-refractivity contribution in [3.8, 4) is 11.5 Å². The molecule has 2 atom stereocenters. The normalized spacial score (nSPS) is 33.5. The highest BCUT2D eigenvalue weighted by atomic mass is 16.6. The smallest absolute Gasteiger partial charge is 0.407 e. The molecule has 4 aliphatic rings. The lowest BCUT2D eigenvalue weighted by atomic mass is 9.68. The van der Waals surface area contributed by atoms with Gasteiger partial charge in [-0.25, -0.2) is 4.79 Å². The van der Waals surface area contributed by atoms with E-state index in [1.165, 1.54) is 5.56 Å². The van der Waals surface area contributed by atoms with Crippen LogP contribution in [0.3, 0.4) is 0 Å². The largest absolute Gasteiger partial charge is 0.457 e. The number of benzene rings is 2. The van der Waals surface area contributed by atoms with Gasteiger partial charge in [-0.15, -0.1) is 0 Å². The van der Waals surface area contributed by atoms with Crippen LogP contribution in [0.4, 0.5) is 4.79 Å². The van der Waals surface area contributed by atoms with Crippen molar-refractivity contribution in [3.63, 3.8) is 0 Å². The van der Waals surface area contributed by atoms with Gasteiger partial charge in [0.2, 0.25) is 5.91 Å². The van der Waals surface area contributed by atoms with Crippen LogP contribution in [0.5, 0.6) is 11.5 Å². The number of amides is 2. The highest BCUT2D eigenvalue weighted by Gasteiger charge is 2.63. The van der Waals surface area contributed by atoms with Gasteiger partial charge in [0.05, 0.1) is 5.54 Å². The molecule has 0 radical (unpaired) electrons. The topological polar surface area (TPSA) is 67.9 Å². The van der Waals surface area contributed by atoms with E-state index in [0.717, 1.165) is 31.0 Å². The number of rotatable bonds is 4. The van der Waals surface area contributed by atoms with E-state index in [-0.39, 0.29) is 28.9 Å². The van der Waals surface area contributed by atoms with Gasteiger partial charge in [0.1, 0.15) is 18.1 Å². The standard InChI is InChI=1S/C24H24N2O4/c27-21(16-10-23(11-16)15-29-22(28)25-23)26-13-18-12-24(18,14-26)17-5-4-8-20(9-17)30-19-6-2-1-3-7-19/h1-9,16,18H,10-15H2,(H,25,28). The summed E-state index contributed by atoms with van der Waals surface area (Å²) < 4.78 is 11.0. The average molecular weight is 404 g/mol. The zero-order valence-corrected chi connectivity index (χ0v) is 16.7. The van der Waals surface area contributed by atoms with Crippen molar-refractivity contribution >= 4 is 12.0 Å². The number of hydrogen-bond donors (Lipinski definition) is 1. The van der Waals surface area contributed by atoms with Crippen LogP contribution < -0.4 is 10.1 Å². The van der Waals surface area contributed by atoms with E-state index < -0.39 is 0 Å². The van der Waals surface area contributed by atoms with Crippen molar-refractivity contribution in [2.45, 2.75) is 30.2 Å². The van der Waals surface area contributed by atoms with Gasteiger partial charge in [-0.2, -0.15) is 0 Å². The summed E-state index contributed by atoms with van der Waals surface area (Å²) in [4.78, 5) is 26.4. The molecule has 2 saturated heterocycles. The molecule has 6 heteroatoms. The lowest BCUT2D eigenvalue weighted by Gasteiger charge is -2.43. The van der Waals surface area contributed by atoms with Gasteiger partial charge in [0, 0.05) is 24.4 Å². The van der Waals surface area contributed by atoms with Gasteiger partial charge < -0.3 is 19.7 Å². The molecule has 6 rings (SSSR count). The quantitative estimate of drug-likeness (QED) is 0.847. The predicted molar refractivity (Wildman–Crippen MR) is 109 cm³/mol. The predicted octanol–water partition coefficient (Wildman–Crippen LogP) is 3.47. The van der Waals surface area contributed by atoms with Crippen molar-refractivity contribution < 1.29 is 19.1 Å². The van der Waals surface area contributed by atoms with Crippen molar-refractivity contribution in [2.24, 2.45) is 11.8 Å². The Morgan fingerprint density at radius 3 is 2.63 bits per heavy atom. The molecular weight excluding hydrogens is 380 g/mol. The van der Waals surface area contributed by atoms with Crippen LogP contribution in [0.2, 0.25) is 0 Å². The van der Waals surface area contributed by atoms with E-state index >= 15 is 0 Å². The summed E-state index contributed by atoms with van der Waals surface area (Å²) in [5.74, 6) is 2.40. The maximum Gasteiger partial charge on any atom is 0.407 e. The van der Waals surface area contributed by atoms with Crippen molar-refractivity contribution in [2.75, 3.05) is 19.7 Å². The molecule has 0 aromatic heterocycles. The highest BCUT2D eigenvalue weighted by molar-refractivity contribution is 5.82. The first-order chi connectivity index (χ1) is 14.6. The van der Waals surface area contributed by atoms with Gasteiger partial charge in [0.25, 0.3) is 0 Å². The van der Waals surface area contributed by atoms with E-state index in [4.69, 9.17) is 9.47 Å². The third-order valence-electron chi connectivity index (χ3n) is 7.32.